The van der Waals surface area contributed by atoms with Gasteiger partial charge >= 0.3 is 11.4 Å². The van der Waals surface area contributed by atoms with E-state index in [0.717, 1.165) is 6.07 Å². The number of aliphatic hydroxyl groups is 1. The van der Waals surface area contributed by atoms with Gasteiger partial charge in [0.05, 0.1) is 16.5 Å². The highest BCUT2D eigenvalue weighted by Crippen LogP contribution is 2.34. The zero-order chi connectivity index (χ0) is 40.4. The monoisotopic (exact) mass is 762 g/mol. The summed E-state index contributed by atoms with van der Waals surface area (Å²) in [7, 11) is 6.51. The number of nitro benzene ring substituents is 2. The first-order chi connectivity index (χ1) is 26.1. The minimum absolute atomic E-state index is 0.0354. The van der Waals surface area contributed by atoms with E-state index in [4.69, 9.17) is 19.3 Å². The molecule has 0 aliphatic carbocycles. The third-order valence-corrected chi connectivity index (χ3v) is 7.44. The smallest absolute Gasteiger partial charge is 0.311 e. The van der Waals surface area contributed by atoms with Crippen molar-refractivity contribution < 1.29 is 51.9 Å². The fourth-order valence-electron chi connectivity index (χ4n) is 4.69. The van der Waals surface area contributed by atoms with Crippen molar-refractivity contribution in [1.29, 1.82) is 0 Å². The fraction of sp³-hybridized carbons (Fsp3) is 0.158. The SMILES string of the molecule is CN(C)C(=O)c1ccc(Oc2cc(CO)ccc2[N+](=O)[O-])cc1.CN(C)C(=O)c1ccc(Oc2cc(COc3c(F)cc(F)cc3F)ccc2[N+](=O)[O-])cc1. The van der Waals surface area contributed by atoms with Gasteiger partial charge in [-0.3, -0.25) is 29.8 Å². The molecule has 0 radical (unpaired) electrons. The summed E-state index contributed by atoms with van der Waals surface area (Å²) in [5, 5.41) is 31.5. The second-order valence-corrected chi connectivity index (χ2v) is 11.9. The van der Waals surface area contributed by atoms with Crippen LogP contribution in [-0.4, -0.2) is 64.8 Å². The Morgan fingerprint density at radius 3 is 1.42 bits per heavy atom. The second kappa shape index (κ2) is 18.2. The second-order valence-electron chi connectivity index (χ2n) is 11.9. The van der Waals surface area contributed by atoms with Crippen molar-refractivity contribution in [2.75, 3.05) is 28.2 Å². The number of ether oxygens (including phenoxy) is 3. The summed E-state index contributed by atoms with van der Waals surface area (Å²) in [6.45, 7) is -0.602. The molecule has 0 aliphatic heterocycles. The van der Waals surface area contributed by atoms with Gasteiger partial charge in [-0.25, -0.2) is 13.2 Å². The molecule has 286 valence electrons. The molecule has 55 heavy (non-hydrogen) atoms. The van der Waals surface area contributed by atoms with Crippen LogP contribution >= 0.6 is 0 Å². The summed E-state index contributed by atoms with van der Waals surface area (Å²) < 4.78 is 56.7. The van der Waals surface area contributed by atoms with E-state index in [-0.39, 0.29) is 53.7 Å². The summed E-state index contributed by atoms with van der Waals surface area (Å²) in [4.78, 5) is 47.8. The highest BCUT2D eigenvalue weighted by molar-refractivity contribution is 5.94. The zero-order valence-corrected chi connectivity index (χ0v) is 29.7. The van der Waals surface area contributed by atoms with Gasteiger partial charge in [0, 0.05) is 63.6 Å². The predicted octanol–water partition coefficient (Wildman–Crippen LogP) is 7.67. The topological polar surface area (TPSA) is 175 Å². The van der Waals surface area contributed by atoms with Crippen molar-refractivity contribution in [1.82, 2.24) is 9.80 Å². The predicted molar refractivity (Wildman–Crippen MR) is 192 cm³/mol. The molecule has 5 aromatic rings. The van der Waals surface area contributed by atoms with Crippen LogP contribution in [0.3, 0.4) is 0 Å². The normalized spacial score (nSPS) is 10.4. The first kappa shape index (κ1) is 40.8. The zero-order valence-electron chi connectivity index (χ0n) is 29.7. The summed E-state index contributed by atoms with van der Waals surface area (Å²) in [6, 6.07) is 21.2. The molecule has 0 unspecified atom stereocenters. The summed E-state index contributed by atoms with van der Waals surface area (Å²) >= 11 is 0. The molecule has 0 bridgehead atoms. The Labute approximate surface area is 311 Å². The maximum absolute atomic E-state index is 13.7. The average Bonchev–Trinajstić information content (AvgIpc) is 3.14. The van der Waals surface area contributed by atoms with E-state index in [1.54, 1.807) is 52.5 Å². The van der Waals surface area contributed by atoms with Crippen molar-refractivity contribution in [3.63, 3.8) is 0 Å². The van der Waals surface area contributed by atoms with Crippen LogP contribution in [0.1, 0.15) is 31.8 Å². The first-order valence-electron chi connectivity index (χ1n) is 16.0. The van der Waals surface area contributed by atoms with Gasteiger partial charge in [-0.15, -0.1) is 0 Å². The number of carbonyl (C=O) groups is 2. The fourth-order valence-corrected chi connectivity index (χ4v) is 4.69. The average molecular weight is 763 g/mol. The van der Waals surface area contributed by atoms with Gasteiger partial charge in [-0.05, 0) is 83.9 Å². The Morgan fingerprint density at radius 1 is 0.636 bits per heavy atom. The maximum Gasteiger partial charge on any atom is 0.311 e. The quantitative estimate of drug-likeness (QED) is 0.0981. The van der Waals surface area contributed by atoms with Gasteiger partial charge in [-0.1, -0.05) is 0 Å². The van der Waals surface area contributed by atoms with Gasteiger partial charge in [0.15, 0.2) is 17.4 Å². The van der Waals surface area contributed by atoms with Gasteiger partial charge in [0.2, 0.25) is 11.5 Å². The summed E-state index contributed by atoms with van der Waals surface area (Å²) in [6.07, 6.45) is 0. The molecule has 0 fully saturated rings. The number of halogens is 3. The molecule has 5 aromatic carbocycles. The number of nitrogens with zero attached hydrogens (tertiary/aromatic N) is 4. The van der Waals surface area contributed by atoms with Crippen LogP contribution in [0.15, 0.2) is 97.1 Å². The molecule has 17 heteroatoms. The lowest BCUT2D eigenvalue weighted by molar-refractivity contribution is -0.385. The number of aliphatic hydroxyl groups excluding tert-OH is 1. The molecule has 0 aromatic heterocycles. The number of carbonyl (C=O) groups excluding carboxylic acids is 2. The van der Waals surface area contributed by atoms with E-state index < -0.39 is 33.0 Å². The lowest BCUT2D eigenvalue weighted by atomic mass is 10.2. The van der Waals surface area contributed by atoms with E-state index in [9.17, 15) is 43.0 Å². The molecule has 5 rings (SSSR count). The van der Waals surface area contributed by atoms with Crippen LogP contribution < -0.4 is 14.2 Å². The molecule has 0 saturated carbocycles. The van der Waals surface area contributed by atoms with Crippen molar-refractivity contribution in [2.24, 2.45) is 0 Å². The van der Waals surface area contributed by atoms with E-state index in [1.807, 2.05) is 0 Å². The minimum Gasteiger partial charge on any atom is -0.483 e. The Balaban J connectivity index is 0.000000258. The molecule has 14 nitrogen and oxygen atoms in total. The molecule has 0 aliphatic rings. The first-order valence-corrected chi connectivity index (χ1v) is 16.0. The van der Waals surface area contributed by atoms with E-state index in [0.29, 0.717) is 40.1 Å². The lowest BCUT2D eigenvalue weighted by Gasteiger charge is -2.12. The van der Waals surface area contributed by atoms with E-state index >= 15 is 0 Å². The van der Waals surface area contributed by atoms with Gasteiger partial charge < -0.3 is 29.1 Å². The number of nitro groups is 2. The Kier molecular flexibility index (Phi) is 13.5. The van der Waals surface area contributed by atoms with Crippen LogP contribution in [0.5, 0.6) is 28.7 Å². The highest BCUT2D eigenvalue weighted by Gasteiger charge is 2.20. The number of benzene rings is 5. The van der Waals surface area contributed by atoms with Crippen LogP contribution in [0.25, 0.3) is 0 Å². The van der Waals surface area contributed by atoms with Crippen molar-refractivity contribution in [3.05, 3.63) is 157 Å². The van der Waals surface area contributed by atoms with Crippen molar-refractivity contribution in [3.8, 4) is 28.7 Å². The maximum atomic E-state index is 13.7. The molecule has 0 saturated heterocycles. The Bertz CT molecular complexity index is 2180. The molecule has 0 atom stereocenters. The number of hydrogen-bond acceptors (Lipinski definition) is 10. The van der Waals surface area contributed by atoms with Gasteiger partial charge in [-0.2, -0.15) is 0 Å². The van der Waals surface area contributed by atoms with Crippen LogP contribution in [0.2, 0.25) is 0 Å². The molecule has 0 heterocycles. The molecule has 1 N–H and O–H groups in total. The Morgan fingerprint density at radius 2 is 1.04 bits per heavy atom. The summed E-state index contributed by atoms with van der Waals surface area (Å²) in [5.74, 6) is -4.16. The van der Waals surface area contributed by atoms with Crippen molar-refractivity contribution in [2.45, 2.75) is 13.2 Å². The molecule has 0 spiro atoms. The third-order valence-electron chi connectivity index (χ3n) is 7.44. The van der Waals surface area contributed by atoms with Gasteiger partial charge in [0.1, 0.15) is 23.9 Å². The van der Waals surface area contributed by atoms with Gasteiger partial charge in [0.25, 0.3) is 11.8 Å². The van der Waals surface area contributed by atoms with E-state index in [2.05, 4.69) is 0 Å². The number of hydrogen-bond donors (Lipinski definition) is 1. The highest BCUT2D eigenvalue weighted by atomic mass is 19.1. The number of rotatable bonds is 12. The van der Waals surface area contributed by atoms with Crippen molar-refractivity contribution >= 4 is 23.2 Å². The Hall–Kier alpha value is -7.01. The number of amides is 2. The molecule has 2 amide bonds. The van der Waals surface area contributed by atoms with Crippen LogP contribution in [0.4, 0.5) is 24.5 Å². The lowest BCUT2D eigenvalue weighted by Crippen LogP contribution is -2.21. The largest absolute Gasteiger partial charge is 0.483 e. The minimum atomic E-state index is -1.21. The molecular weight excluding hydrogens is 729 g/mol. The van der Waals surface area contributed by atoms with E-state index in [1.165, 1.54) is 64.4 Å². The van der Waals surface area contributed by atoms with Crippen LogP contribution in [0, 0.1) is 37.7 Å². The molecular formula is C38H33F3N4O10. The standard InChI is InChI=1S/C22H17F3N2O5.C16H16N2O5/c1-26(2)22(28)14-4-6-16(7-5-14)32-20-9-13(3-8-19(20)27(29)30)12-31-21-17(24)10-15(23)11-18(21)25;1-17(2)16(20)12-4-6-13(7-5-12)23-15-9-11(10-19)3-8-14(15)18(21)22/h3-11H,12H2,1-2H3;3-9,19H,10H2,1-2H3. The third kappa shape index (κ3) is 10.8. The van der Waals surface area contributed by atoms with Crippen LogP contribution in [-0.2, 0) is 13.2 Å². The summed E-state index contributed by atoms with van der Waals surface area (Å²) in [5.41, 5.74) is 1.17.